The third kappa shape index (κ3) is 7.50. The molecule has 1 aromatic heterocycles. The van der Waals surface area contributed by atoms with Gasteiger partial charge in [0.1, 0.15) is 5.75 Å². The Morgan fingerprint density at radius 1 is 1.13 bits per heavy atom. The molecule has 0 saturated heterocycles. The number of halogens is 3. The first-order chi connectivity index (χ1) is 18.6. The summed E-state index contributed by atoms with van der Waals surface area (Å²) in [7, 11) is -0.219. The number of carbonyl (C=O) groups excluding carboxylic acids is 1. The number of alkyl halides is 3. The van der Waals surface area contributed by atoms with Gasteiger partial charge in [-0.15, -0.1) is 23.8 Å². The Kier molecular flexibility index (Phi) is 8.74. The van der Waals surface area contributed by atoms with Gasteiger partial charge in [0.25, 0.3) is 5.91 Å². The Hall–Kier alpha value is -4.07. The zero-order chi connectivity index (χ0) is 28.0. The first-order valence-electron chi connectivity index (χ1n) is 12.0. The Morgan fingerprint density at radius 3 is 2.64 bits per heavy atom. The maximum atomic E-state index is 13.4. The molecule has 10 heteroatoms. The van der Waals surface area contributed by atoms with Gasteiger partial charge >= 0.3 is 6.36 Å². The quantitative estimate of drug-likeness (QED) is 0.201. The van der Waals surface area contributed by atoms with Crippen molar-refractivity contribution in [3.63, 3.8) is 0 Å². The van der Waals surface area contributed by atoms with E-state index in [9.17, 15) is 23.2 Å². The van der Waals surface area contributed by atoms with E-state index in [-0.39, 0.29) is 22.7 Å². The highest BCUT2D eigenvalue weighted by molar-refractivity contribution is 8.11. The van der Waals surface area contributed by atoms with Gasteiger partial charge in [0.2, 0.25) is 0 Å². The lowest BCUT2D eigenvalue weighted by atomic mass is 9.99. The van der Waals surface area contributed by atoms with Gasteiger partial charge in [-0.25, -0.2) is 0 Å². The summed E-state index contributed by atoms with van der Waals surface area (Å²) in [5.74, 6) is 2.55. The Labute approximate surface area is 226 Å². The van der Waals surface area contributed by atoms with Crippen LogP contribution in [0.2, 0.25) is 0 Å². The number of hydrogen-bond donors (Lipinski definition) is 3. The Balaban J connectivity index is 1.64. The fourth-order valence-corrected chi connectivity index (χ4v) is 4.69. The minimum absolute atomic E-state index is 0.0270. The Morgan fingerprint density at radius 2 is 1.90 bits per heavy atom. The summed E-state index contributed by atoms with van der Waals surface area (Å²) in [6.45, 7) is 0.573. The van der Waals surface area contributed by atoms with Crippen molar-refractivity contribution < 1.29 is 22.7 Å². The van der Waals surface area contributed by atoms with E-state index in [0.29, 0.717) is 18.5 Å². The summed E-state index contributed by atoms with van der Waals surface area (Å²) in [4.78, 5) is 16.5. The van der Waals surface area contributed by atoms with Crippen LogP contribution in [-0.2, 0) is 13.0 Å². The Bertz CT molecular complexity index is 1540. The molecule has 3 aromatic carbocycles. The van der Waals surface area contributed by atoms with Crippen molar-refractivity contribution in [1.82, 2.24) is 15.0 Å². The number of carbonyl (C=O) groups is 1. The zero-order valence-corrected chi connectivity index (χ0v) is 22.0. The number of amides is 1. The minimum Gasteiger partial charge on any atom is -0.405 e. The molecular formula is C29H27F3N4O2S. The highest BCUT2D eigenvalue weighted by Crippen LogP contribution is 2.31. The molecule has 1 heterocycles. The molecule has 6 nitrogen and oxygen atoms in total. The monoisotopic (exact) mass is 552 g/mol. The average Bonchev–Trinajstić information content (AvgIpc) is 3.30. The average molecular weight is 553 g/mol. The van der Waals surface area contributed by atoms with E-state index in [1.807, 2.05) is 54.8 Å². The summed E-state index contributed by atoms with van der Waals surface area (Å²) >= 11 is 0. The number of benzene rings is 3. The molecule has 0 fully saturated rings. The molecule has 0 aliphatic carbocycles. The second kappa shape index (κ2) is 12.2. The van der Waals surface area contributed by atoms with E-state index in [1.165, 1.54) is 12.1 Å². The van der Waals surface area contributed by atoms with Crippen LogP contribution in [0, 0.1) is 11.3 Å². The smallest absolute Gasteiger partial charge is 0.405 e. The van der Waals surface area contributed by atoms with Gasteiger partial charge in [0.15, 0.2) is 0 Å². The lowest BCUT2D eigenvalue weighted by Crippen LogP contribution is -2.36. The number of rotatable bonds is 10. The molecular weight excluding hydrogens is 525 g/mol. The number of hydrogen-bond acceptors (Lipinski definition) is 4. The van der Waals surface area contributed by atoms with Crippen molar-refractivity contribution in [2.45, 2.75) is 31.8 Å². The second-order valence-electron chi connectivity index (χ2n) is 9.01. The summed E-state index contributed by atoms with van der Waals surface area (Å²) in [5, 5.41) is 13.1. The predicted octanol–water partition coefficient (Wildman–Crippen LogP) is 6.32. The van der Waals surface area contributed by atoms with Crippen LogP contribution >= 0.6 is 10.7 Å². The first-order valence-corrected chi connectivity index (χ1v) is 13.8. The molecule has 0 bridgehead atoms. The normalized spacial score (nSPS) is 13.0. The van der Waals surface area contributed by atoms with Crippen LogP contribution in [0.1, 0.15) is 27.9 Å². The lowest BCUT2D eigenvalue weighted by Gasteiger charge is -2.19. The number of nitrogens with zero attached hydrogens (tertiary/aromatic N) is 1. The predicted molar refractivity (Wildman–Crippen MR) is 150 cm³/mol. The fourth-order valence-electron chi connectivity index (χ4n) is 4.28. The first kappa shape index (κ1) is 28.0. The molecule has 2 atom stereocenters. The number of H-pyrrole nitrogens is 1. The van der Waals surface area contributed by atoms with Gasteiger partial charge in [-0.3, -0.25) is 9.52 Å². The van der Waals surface area contributed by atoms with Crippen LogP contribution in [0.25, 0.3) is 22.0 Å². The van der Waals surface area contributed by atoms with Crippen LogP contribution in [0.3, 0.4) is 0 Å². The molecule has 4 rings (SSSR count). The maximum absolute atomic E-state index is 13.4. The van der Waals surface area contributed by atoms with Crippen LogP contribution < -0.4 is 14.8 Å². The van der Waals surface area contributed by atoms with Crippen molar-refractivity contribution >= 4 is 33.4 Å². The minimum atomic E-state index is -4.98. The number of ether oxygens (including phenoxy) is 1. The molecule has 0 radical (unpaired) electrons. The molecule has 202 valence electrons. The maximum Gasteiger partial charge on any atom is 0.573 e. The van der Waals surface area contributed by atoms with E-state index in [2.05, 4.69) is 31.7 Å². The van der Waals surface area contributed by atoms with Crippen molar-refractivity contribution in [1.29, 1.82) is 5.26 Å². The van der Waals surface area contributed by atoms with E-state index < -0.39 is 24.1 Å². The summed E-state index contributed by atoms with van der Waals surface area (Å²) in [6.07, 6.45) is -0.937. The van der Waals surface area contributed by atoms with E-state index >= 15 is 0 Å². The third-order valence-corrected chi connectivity index (χ3v) is 6.68. The van der Waals surface area contributed by atoms with Gasteiger partial charge in [-0.05, 0) is 59.2 Å². The van der Waals surface area contributed by atoms with Crippen molar-refractivity contribution in [3.05, 3.63) is 89.6 Å². The van der Waals surface area contributed by atoms with Crippen molar-refractivity contribution in [2.75, 3.05) is 6.26 Å². The molecule has 3 N–H and O–H groups in total. The molecule has 0 aliphatic heterocycles. The van der Waals surface area contributed by atoms with E-state index in [1.54, 1.807) is 6.20 Å². The number of nitrogens with one attached hydrogen (secondary N) is 3. The number of nitriles is 1. The summed E-state index contributed by atoms with van der Waals surface area (Å²) < 4.78 is 47.0. The number of aromatic amines is 1. The van der Waals surface area contributed by atoms with Crippen LogP contribution in [0.4, 0.5) is 13.2 Å². The van der Waals surface area contributed by atoms with Crippen LogP contribution in [0.5, 0.6) is 5.75 Å². The standard InChI is InChI=1S/C29H27F3N4O2S/c1-39(2)35-17-19-6-5-7-20(14-19)21-10-11-27(38-29(30,31)32)25(16-21)28(37)36-23(12-13-33)15-22-18-34-26-9-4-3-8-24(22)26/h3-11,14,16,18,23,34-35H,1,12,15,17H2,2H3,(H,36,37). The third-order valence-electron chi connectivity index (χ3n) is 6.05. The molecule has 0 spiro atoms. The fraction of sp³-hybridized carbons (Fsp3) is 0.207. The van der Waals surface area contributed by atoms with Crippen molar-refractivity contribution in [3.8, 4) is 22.9 Å². The molecule has 0 aliphatic rings. The topological polar surface area (TPSA) is 89.9 Å². The van der Waals surface area contributed by atoms with Gasteiger partial charge in [-0.2, -0.15) is 5.26 Å². The van der Waals surface area contributed by atoms with Crippen molar-refractivity contribution in [2.24, 2.45) is 0 Å². The van der Waals surface area contributed by atoms with Crippen LogP contribution in [-0.4, -0.2) is 35.4 Å². The van der Waals surface area contributed by atoms with Gasteiger partial charge in [0.05, 0.1) is 18.1 Å². The lowest BCUT2D eigenvalue weighted by molar-refractivity contribution is -0.274. The summed E-state index contributed by atoms with van der Waals surface area (Å²) in [6, 6.07) is 20.5. The molecule has 4 aromatic rings. The van der Waals surface area contributed by atoms with Gasteiger partial charge < -0.3 is 15.0 Å². The number of para-hydroxylation sites is 1. The number of aromatic nitrogens is 1. The number of fused-ring (bicyclic) bond motifs is 1. The van der Waals surface area contributed by atoms with Gasteiger partial charge in [0, 0.05) is 29.7 Å². The summed E-state index contributed by atoms with van der Waals surface area (Å²) in [5.41, 5.74) is 3.76. The zero-order valence-electron chi connectivity index (χ0n) is 21.1. The van der Waals surface area contributed by atoms with E-state index in [4.69, 9.17) is 0 Å². The van der Waals surface area contributed by atoms with Crippen LogP contribution in [0.15, 0.2) is 72.9 Å². The molecule has 0 saturated carbocycles. The SMILES string of the molecule is C=S(C)NCc1cccc(-c2ccc(OC(F)(F)F)c(C(=O)NC(CC#N)Cc3c[nH]c4ccccc34)c2)c1. The van der Waals surface area contributed by atoms with E-state index in [0.717, 1.165) is 33.7 Å². The highest BCUT2D eigenvalue weighted by Gasteiger charge is 2.33. The highest BCUT2D eigenvalue weighted by atomic mass is 32.2. The second-order valence-corrected chi connectivity index (χ2v) is 10.6. The molecule has 1 amide bonds. The van der Waals surface area contributed by atoms with Gasteiger partial charge in [-0.1, -0.05) is 48.3 Å². The molecule has 39 heavy (non-hydrogen) atoms. The molecule has 2 unspecified atom stereocenters. The largest absolute Gasteiger partial charge is 0.573 e.